The van der Waals surface area contributed by atoms with Crippen LogP contribution in [0.25, 0.3) is 5.70 Å². The van der Waals surface area contributed by atoms with Gasteiger partial charge < -0.3 is 19.7 Å². The van der Waals surface area contributed by atoms with E-state index in [4.69, 9.17) is 14.5 Å². The predicted molar refractivity (Wildman–Crippen MR) is 134 cm³/mol. The van der Waals surface area contributed by atoms with Crippen LogP contribution >= 0.6 is 0 Å². The van der Waals surface area contributed by atoms with Crippen LogP contribution in [-0.2, 0) is 4.74 Å². The molecule has 14 heteroatoms. The Morgan fingerprint density at radius 1 is 1.26 bits per heavy atom. The molecule has 208 valence electrons. The molecule has 38 heavy (non-hydrogen) atoms. The van der Waals surface area contributed by atoms with E-state index in [1.165, 1.54) is 18.2 Å². The average molecular weight is 539 g/mol. The highest BCUT2D eigenvalue weighted by molar-refractivity contribution is 5.91. The van der Waals surface area contributed by atoms with E-state index in [-0.39, 0.29) is 6.42 Å². The fraction of sp³-hybridized carbons (Fsp3) is 0.625. The number of amides is 2. The van der Waals surface area contributed by atoms with Gasteiger partial charge in [0.1, 0.15) is 17.7 Å². The monoisotopic (exact) mass is 538 g/mol. The fourth-order valence-electron chi connectivity index (χ4n) is 4.54. The van der Waals surface area contributed by atoms with Gasteiger partial charge in [-0.25, -0.2) is 24.7 Å². The molecule has 0 spiro atoms. The second-order valence-corrected chi connectivity index (χ2v) is 9.26. The fourth-order valence-corrected chi connectivity index (χ4v) is 4.54. The van der Waals surface area contributed by atoms with Gasteiger partial charge in [0.05, 0.1) is 32.2 Å². The number of hydrazine groups is 1. The SMILES string of the molecule is CCN1C(=O)N[C@@H](CCC(F)(F)F)CCCCCOC2=NC(=CN3NC=NC23)c2nc(ncc2OC)[C@H]1C. The van der Waals surface area contributed by atoms with Crippen molar-refractivity contribution in [2.45, 2.75) is 76.8 Å². The summed E-state index contributed by atoms with van der Waals surface area (Å²) in [6.45, 7) is 4.23. The summed E-state index contributed by atoms with van der Waals surface area (Å²) in [7, 11) is 1.50. The molecule has 2 N–H and O–H groups in total. The molecule has 4 bridgehead atoms. The molecule has 3 aliphatic heterocycles. The summed E-state index contributed by atoms with van der Waals surface area (Å²) in [4.78, 5) is 32.9. The number of aliphatic imine (C=N–C) groups is 2. The molecule has 0 aliphatic carbocycles. The number of methoxy groups -OCH3 is 1. The van der Waals surface area contributed by atoms with Crippen molar-refractivity contribution in [3.8, 4) is 5.75 Å². The summed E-state index contributed by atoms with van der Waals surface area (Å²) in [5.41, 5.74) is 3.90. The maximum atomic E-state index is 13.2. The van der Waals surface area contributed by atoms with Crippen LogP contribution in [-0.4, -0.2) is 76.8 Å². The molecule has 4 heterocycles. The summed E-state index contributed by atoms with van der Waals surface area (Å²) in [5, 5.41) is 4.56. The summed E-state index contributed by atoms with van der Waals surface area (Å²) in [6.07, 6.45) is 1.36. The molecular formula is C24H33F3N8O3. The van der Waals surface area contributed by atoms with Gasteiger partial charge in [0.25, 0.3) is 0 Å². The first-order valence-electron chi connectivity index (χ1n) is 12.7. The third-order valence-corrected chi connectivity index (χ3v) is 6.63. The van der Waals surface area contributed by atoms with E-state index in [0.29, 0.717) is 61.3 Å². The largest absolute Gasteiger partial charge is 0.493 e. The van der Waals surface area contributed by atoms with E-state index in [1.54, 1.807) is 31.4 Å². The zero-order valence-corrected chi connectivity index (χ0v) is 21.7. The Kier molecular flexibility index (Phi) is 8.57. The van der Waals surface area contributed by atoms with Crippen molar-refractivity contribution in [2.24, 2.45) is 9.98 Å². The molecule has 3 aliphatic rings. The second-order valence-electron chi connectivity index (χ2n) is 9.26. The molecule has 4 rings (SSSR count). The van der Waals surface area contributed by atoms with Crippen LogP contribution in [0.5, 0.6) is 5.75 Å². The van der Waals surface area contributed by atoms with Crippen LogP contribution in [0, 0.1) is 0 Å². The van der Waals surface area contributed by atoms with Crippen LogP contribution in [0.3, 0.4) is 0 Å². The summed E-state index contributed by atoms with van der Waals surface area (Å²) in [5.74, 6) is 1.10. The number of urea groups is 1. The molecule has 0 fully saturated rings. The Hall–Kier alpha value is -3.58. The lowest BCUT2D eigenvalue weighted by atomic mass is 10.0. The first kappa shape index (κ1) is 27.5. The Bertz CT molecular complexity index is 1090. The number of alkyl halides is 3. The lowest BCUT2D eigenvalue weighted by Crippen LogP contribution is -2.46. The van der Waals surface area contributed by atoms with Gasteiger partial charge in [-0.15, -0.1) is 0 Å². The number of fused-ring (bicyclic) bond motifs is 6. The van der Waals surface area contributed by atoms with Gasteiger partial charge in [0.2, 0.25) is 12.1 Å². The zero-order chi connectivity index (χ0) is 27.3. The topological polar surface area (TPSA) is 117 Å². The number of rotatable bonds is 4. The highest BCUT2D eigenvalue weighted by atomic mass is 19.4. The van der Waals surface area contributed by atoms with E-state index < -0.39 is 36.9 Å². The molecule has 1 unspecified atom stereocenters. The van der Waals surface area contributed by atoms with E-state index in [1.807, 2.05) is 0 Å². The van der Waals surface area contributed by atoms with Gasteiger partial charge in [0.15, 0.2) is 11.6 Å². The lowest BCUT2D eigenvalue weighted by molar-refractivity contribution is -0.136. The lowest BCUT2D eigenvalue weighted by Gasteiger charge is -2.30. The molecular weight excluding hydrogens is 505 g/mol. The molecule has 0 aromatic carbocycles. The standard InChI is InChI=1S/C24H33F3N8O3/c1-4-34-15(2)20-28-12-18(37-3)19(33-20)17-13-35-21(29-14-30-35)22(32-17)38-11-7-5-6-8-16(31-23(34)36)9-10-24(25,26)27/h12-16,21H,4-11H2,1-3H3,(H,29,30)(H,31,36)/t15-,16-,21?/m1/s1. The molecule has 0 radical (unpaired) electrons. The van der Waals surface area contributed by atoms with Crippen LogP contribution in [0.4, 0.5) is 18.0 Å². The normalized spacial score (nSPS) is 24.4. The highest BCUT2D eigenvalue weighted by Gasteiger charge is 2.33. The van der Waals surface area contributed by atoms with Gasteiger partial charge in [-0.05, 0) is 39.5 Å². The first-order valence-corrected chi connectivity index (χ1v) is 12.7. The van der Waals surface area contributed by atoms with Crippen LogP contribution in [0.2, 0.25) is 0 Å². The third kappa shape index (κ3) is 6.45. The van der Waals surface area contributed by atoms with Crippen LogP contribution in [0.1, 0.15) is 69.9 Å². The third-order valence-electron chi connectivity index (χ3n) is 6.63. The van der Waals surface area contributed by atoms with E-state index in [2.05, 4.69) is 25.7 Å². The molecule has 1 aromatic heterocycles. The molecule has 11 nitrogen and oxygen atoms in total. The number of nitrogens with zero attached hydrogens (tertiary/aromatic N) is 6. The smallest absolute Gasteiger partial charge is 0.389 e. The summed E-state index contributed by atoms with van der Waals surface area (Å²) < 4.78 is 50.4. The van der Waals surface area contributed by atoms with Crippen LogP contribution < -0.4 is 15.5 Å². The maximum absolute atomic E-state index is 13.2. The Balaban J connectivity index is 1.67. The number of carbonyl (C=O) groups is 1. The number of hydrogen-bond donors (Lipinski definition) is 2. The van der Waals surface area contributed by atoms with Gasteiger partial charge in [-0.1, -0.05) is 6.42 Å². The number of carbonyl (C=O) groups excluding carboxylic acids is 1. The Labute approximate surface area is 219 Å². The molecule has 0 saturated carbocycles. The number of hydrogen-bond acceptors (Lipinski definition) is 9. The summed E-state index contributed by atoms with van der Waals surface area (Å²) in [6, 6.07) is -1.65. The molecule has 3 atom stereocenters. The first-order chi connectivity index (χ1) is 18.2. The number of aromatic nitrogens is 2. The van der Waals surface area contributed by atoms with Crippen molar-refractivity contribution >= 4 is 24.0 Å². The van der Waals surface area contributed by atoms with E-state index in [9.17, 15) is 18.0 Å². The van der Waals surface area contributed by atoms with E-state index >= 15 is 0 Å². The zero-order valence-electron chi connectivity index (χ0n) is 21.7. The van der Waals surface area contributed by atoms with Crippen molar-refractivity contribution in [3.63, 3.8) is 0 Å². The van der Waals surface area contributed by atoms with Crippen LogP contribution in [0.15, 0.2) is 22.4 Å². The molecule has 0 saturated heterocycles. The maximum Gasteiger partial charge on any atom is 0.389 e. The van der Waals surface area contributed by atoms with Crippen molar-refractivity contribution < 1.29 is 27.4 Å². The Morgan fingerprint density at radius 2 is 2.08 bits per heavy atom. The van der Waals surface area contributed by atoms with Crippen molar-refractivity contribution in [1.29, 1.82) is 0 Å². The minimum absolute atomic E-state index is 0.186. The molecule has 2 amide bonds. The van der Waals surface area contributed by atoms with Gasteiger partial charge in [-0.2, -0.15) is 13.2 Å². The van der Waals surface area contributed by atoms with Gasteiger partial charge >= 0.3 is 12.2 Å². The minimum atomic E-state index is -4.30. The number of halogens is 3. The quantitative estimate of drug-likeness (QED) is 0.600. The molecule has 1 aromatic rings. The number of ether oxygens (including phenoxy) is 2. The van der Waals surface area contributed by atoms with Gasteiger partial charge in [-0.3, -0.25) is 10.4 Å². The van der Waals surface area contributed by atoms with E-state index in [0.717, 1.165) is 6.42 Å². The second kappa shape index (κ2) is 11.9. The predicted octanol–water partition coefficient (Wildman–Crippen LogP) is 3.76. The summed E-state index contributed by atoms with van der Waals surface area (Å²) >= 11 is 0. The minimum Gasteiger partial charge on any atom is -0.493 e. The van der Waals surface area contributed by atoms with Crippen molar-refractivity contribution in [3.05, 3.63) is 23.9 Å². The van der Waals surface area contributed by atoms with Gasteiger partial charge in [0, 0.05) is 19.0 Å². The van der Waals surface area contributed by atoms with Crippen molar-refractivity contribution in [2.75, 3.05) is 20.3 Å². The highest BCUT2D eigenvalue weighted by Crippen LogP contribution is 2.31. The Morgan fingerprint density at radius 3 is 2.82 bits per heavy atom. The number of nitrogens with one attached hydrogen (secondary N) is 2. The van der Waals surface area contributed by atoms with Crippen molar-refractivity contribution in [1.82, 2.24) is 30.6 Å². The average Bonchev–Trinajstić information content (AvgIpc) is 3.37.